The number of anilines is 1. The normalized spacial score (nSPS) is 15.6. The number of carbonyl (C=O) groups is 1. The number of carbonyl (C=O) groups excluding carboxylic acids is 1. The third-order valence-electron chi connectivity index (χ3n) is 3.55. The van der Waals surface area contributed by atoms with E-state index >= 15 is 0 Å². The molecule has 0 aromatic heterocycles. The SMILES string of the molecule is CN(CC(=O)Nc1cccc(Cl)c1)CC1CCNCC1.Cl. The van der Waals surface area contributed by atoms with Gasteiger partial charge in [0.1, 0.15) is 0 Å². The van der Waals surface area contributed by atoms with Gasteiger partial charge in [0.15, 0.2) is 0 Å². The highest BCUT2D eigenvalue weighted by Crippen LogP contribution is 2.15. The molecule has 118 valence electrons. The molecular formula is C15H23Cl2N3O. The number of nitrogens with one attached hydrogen (secondary N) is 2. The maximum atomic E-state index is 12.0. The van der Waals surface area contributed by atoms with Crippen molar-refractivity contribution in [2.45, 2.75) is 12.8 Å². The van der Waals surface area contributed by atoms with E-state index in [2.05, 4.69) is 15.5 Å². The summed E-state index contributed by atoms with van der Waals surface area (Å²) in [6.45, 7) is 3.57. The van der Waals surface area contributed by atoms with Crippen LogP contribution >= 0.6 is 24.0 Å². The quantitative estimate of drug-likeness (QED) is 0.871. The van der Waals surface area contributed by atoms with Gasteiger partial charge < -0.3 is 10.6 Å². The molecule has 1 aromatic rings. The maximum Gasteiger partial charge on any atom is 0.238 e. The number of piperidine rings is 1. The smallest absolute Gasteiger partial charge is 0.238 e. The van der Waals surface area contributed by atoms with Crippen LogP contribution in [0.25, 0.3) is 0 Å². The van der Waals surface area contributed by atoms with Crippen molar-refractivity contribution in [1.82, 2.24) is 10.2 Å². The Kier molecular flexibility index (Phi) is 8.04. The largest absolute Gasteiger partial charge is 0.325 e. The van der Waals surface area contributed by atoms with Crippen LogP contribution in [0.15, 0.2) is 24.3 Å². The molecule has 1 heterocycles. The van der Waals surface area contributed by atoms with Gasteiger partial charge in [-0.3, -0.25) is 9.69 Å². The first-order chi connectivity index (χ1) is 9.63. The van der Waals surface area contributed by atoms with Crippen LogP contribution in [-0.2, 0) is 4.79 Å². The number of nitrogens with zero attached hydrogens (tertiary/aromatic N) is 1. The second-order valence-corrected chi connectivity index (χ2v) is 5.89. The molecule has 1 amide bonds. The molecule has 0 aliphatic carbocycles. The predicted molar refractivity (Wildman–Crippen MR) is 90.4 cm³/mol. The molecule has 1 fully saturated rings. The molecule has 0 unspecified atom stereocenters. The predicted octanol–water partition coefficient (Wildman–Crippen LogP) is 2.63. The molecular weight excluding hydrogens is 309 g/mol. The molecule has 6 heteroatoms. The van der Waals surface area contributed by atoms with Crippen molar-refractivity contribution < 1.29 is 4.79 Å². The van der Waals surface area contributed by atoms with Gasteiger partial charge in [-0.15, -0.1) is 12.4 Å². The highest BCUT2D eigenvalue weighted by Gasteiger charge is 2.16. The van der Waals surface area contributed by atoms with E-state index in [0.717, 1.165) is 25.3 Å². The third-order valence-corrected chi connectivity index (χ3v) is 3.79. The highest BCUT2D eigenvalue weighted by molar-refractivity contribution is 6.30. The van der Waals surface area contributed by atoms with Gasteiger partial charge in [-0.25, -0.2) is 0 Å². The number of likely N-dealkylation sites (N-methyl/N-ethyl adjacent to an activating group) is 1. The zero-order valence-electron chi connectivity index (χ0n) is 12.3. The van der Waals surface area contributed by atoms with Crippen molar-refractivity contribution in [3.05, 3.63) is 29.3 Å². The Hall–Kier alpha value is -0.810. The van der Waals surface area contributed by atoms with E-state index in [0.29, 0.717) is 17.5 Å². The van der Waals surface area contributed by atoms with Gasteiger partial charge in [0.05, 0.1) is 6.54 Å². The Morgan fingerprint density at radius 1 is 1.43 bits per heavy atom. The van der Waals surface area contributed by atoms with Gasteiger partial charge in [-0.2, -0.15) is 0 Å². The summed E-state index contributed by atoms with van der Waals surface area (Å²) >= 11 is 5.90. The fourth-order valence-electron chi connectivity index (χ4n) is 2.58. The summed E-state index contributed by atoms with van der Waals surface area (Å²) in [5, 5.41) is 6.86. The van der Waals surface area contributed by atoms with Crippen LogP contribution in [0.4, 0.5) is 5.69 Å². The molecule has 0 bridgehead atoms. The lowest BCUT2D eigenvalue weighted by molar-refractivity contribution is -0.117. The molecule has 0 spiro atoms. The summed E-state index contributed by atoms with van der Waals surface area (Å²) in [5.41, 5.74) is 0.748. The molecule has 0 radical (unpaired) electrons. The first-order valence-corrected chi connectivity index (χ1v) is 7.46. The van der Waals surface area contributed by atoms with Crippen LogP contribution in [0.5, 0.6) is 0 Å². The average molecular weight is 332 g/mol. The maximum absolute atomic E-state index is 12.0. The third kappa shape index (κ3) is 6.66. The van der Waals surface area contributed by atoms with Crippen LogP contribution in [-0.4, -0.2) is 44.0 Å². The fraction of sp³-hybridized carbons (Fsp3) is 0.533. The number of benzene rings is 1. The van der Waals surface area contributed by atoms with E-state index in [9.17, 15) is 4.79 Å². The van der Waals surface area contributed by atoms with Crippen LogP contribution in [0.3, 0.4) is 0 Å². The summed E-state index contributed by atoms with van der Waals surface area (Å²) in [5.74, 6) is 0.698. The van der Waals surface area contributed by atoms with E-state index in [-0.39, 0.29) is 18.3 Å². The molecule has 1 saturated heterocycles. The highest BCUT2D eigenvalue weighted by atomic mass is 35.5. The molecule has 1 aliphatic heterocycles. The zero-order valence-corrected chi connectivity index (χ0v) is 13.8. The van der Waals surface area contributed by atoms with Crippen molar-refractivity contribution in [3.63, 3.8) is 0 Å². The Morgan fingerprint density at radius 2 is 2.14 bits per heavy atom. The van der Waals surface area contributed by atoms with E-state index < -0.39 is 0 Å². The van der Waals surface area contributed by atoms with Gasteiger partial charge in [-0.1, -0.05) is 17.7 Å². The Bertz CT molecular complexity index is 450. The van der Waals surface area contributed by atoms with E-state index in [1.54, 1.807) is 12.1 Å². The topological polar surface area (TPSA) is 44.4 Å². The summed E-state index contributed by atoms with van der Waals surface area (Å²) in [4.78, 5) is 14.1. The first kappa shape index (κ1) is 18.2. The number of amides is 1. The minimum Gasteiger partial charge on any atom is -0.325 e. The van der Waals surface area contributed by atoms with Crippen molar-refractivity contribution >= 4 is 35.6 Å². The van der Waals surface area contributed by atoms with Crippen molar-refractivity contribution in [2.24, 2.45) is 5.92 Å². The summed E-state index contributed by atoms with van der Waals surface area (Å²) in [6, 6.07) is 7.22. The van der Waals surface area contributed by atoms with Gasteiger partial charge in [-0.05, 0) is 57.1 Å². The Balaban J connectivity index is 0.00000220. The van der Waals surface area contributed by atoms with Crippen molar-refractivity contribution in [1.29, 1.82) is 0 Å². The molecule has 0 atom stereocenters. The van der Waals surface area contributed by atoms with Crippen molar-refractivity contribution in [2.75, 3.05) is 38.5 Å². The van der Waals surface area contributed by atoms with E-state index in [4.69, 9.17) is 11.6 Å². The van der Waals surface area contributed by atoms with Gasteiger partial charge in [0.25, 0.3) is 0 Å². The molecule has 4 nitrogen and oxygen atoms in total. The summed E-state index contributed by atoms with van der Waals surface area (Å²) in [6.07, 6.45) is 2.39. The molecule has 0 saturated carbocycles. The van der Waals surface area contributed by atoms with E-state index in [1.165, 1.54) is 12.8 Å². The molecule has 2 N–H and O–H groups in total. The van der Waals surface area contributed by atoms with Gasteiger partial charge >= 0.3 is 0 Å². The minimum absolute atomic E-state index is 0. The lowest BCUT2D eigenvalue weighted by Crippen LogP contribution is -2.37. The Morgan fingerprint density at radius 3 is 2.81 bits per heavy atom. The second-order valence-electron chi connectivity index (χ2n) is 5.45. The lowest BCUT2D eigenvalue weighted by atomic mass is 9.98. The molecule has 1 aliphatic rings. The lowest BCUT2D eigenvalue weighted by Gasteiger charge is -2.27. The van der Waals surface area contributed by atoms with Crippen LogP contribution in [0.2, 0.25) is 5.02 Å². The Labute approximate surface area is 137 Å². The molecule has 1 aromatic carbocycles. The minimum atomic E-state index is 0. The standard InChI is InChI=1S/C15H22ClN3O.ClH/c1-19(10-12-5-7-17-8-6-12)11-15(20)18-14-4-2-3-13(16)9-14;/h2-4,9,12,17H,5-8,10-11H2,1H3,(H,18,20);1H. The van der Waals surface area contributed by atoms with Gasteiger partial charge in [0, 0.05) is 17.3 Å². The number of hydrogen-bond donors (Lipinski definition) is 2. The van der Waals surface area contributed by atoms with Crippen LogP contribution < -0.4 is 10.6 Å². The number of rotatable bonds is 5. The first-order valence-electron chi connectivity index (χ1n) is 7.08. The number of hydrogen-bond acceptors (Lipinski definition) is 3. The average Bonchev–Trinajstić information content (AvgIpc) is 2.39. The number of halogens is 2. The monoisotopic (exact) mass is 331 g/mol. The zero-order chi connectivity index (χ0) is 14.4. The van der Waals surface area contributed by atoms with Crippen LogP contribution in [0.1, 0.15) is 12.8 Å². The summed E-state index contributed by atoms with van der Waals surface area (Å²) < 4.78 is 0. The molecule has 2 rings (SSSR count). The summed E-state index contributed by atoms with van der Waals surface area (Å²) in [7, 11) is 2.00. The van der Waals surface area contributed by atoms with Crippen molar-refractivity contribution in [3.8, 4) is 0 Å². The van der Waals surface area contributed by atoms with E-state index in [1.807, 2.05) is 19.2 Å². The molecule has 21 heavy (non-hydrogen) atoms. The second kappa shape index (κ2) is 9.26. The fourth-order valence-corrected chi connectivity index (χ4v) is 2.77. The van der Waals surface area contributed by atoms with Gasteiger partial charge in [0.2, 0.25) is 5.91 Å². The van der Waals surface area contributed by atoms with Crippen LogP contribution in [0, 0.1) is 5.92 Å².